The molecule has 0 amide bonds. The monoisotopic (exact) mass is 956 g/mol. The summed E-state index contributed by atoms with van der Waals surface area (Å²) < 4.78 is 18.6. The van der Waals surface area contributed by atoms with Crippen LogP contribution in [0.4, 0.5) is 34.1 Å². The zero-order chi connectivity index (χ0) is 47.3. The fourth-order valence-corrected chi connectivity index (χ4v) is 13.6. The lowest BCUT2D eigenvalue weighted by Gasteiger charge is -2.32. The van der Waals surface area contributed by atoms with Crippen molar-refractivity contribution in [1.82, 2.24) is 0 Å². The largest absolute Gasteiger partial charge is 0.456 e. The molecule has 0 bridgehead atoms. The van der Waals surface area contributed by atoms with Gasteiger partial charge in [-0.3, -0.25) is 0 Å². The number of thiophene rings is 2. The van der Waals surface area contributed by atoms with Crippen LogP contribution in [0.25, 0.3) is 106 Å². The van der Waals surface area contributed by atoms with Gasteiger partial charge < -0.3 is 18.6 Å². The van der Waals surface area contributed by atoms with Crippen molar-refractivity contribution in [3.8, 4) is 22.3 Å². The molecule has 0 atom stereocenters. The first-order valence-electron chi connectivity index (χ1n) is 24.2. The molecule has 0 saturated heterocycles. The lowest BCUT2D eigenvalue weighted by atomic mass is 9.97. The Balaban J connectivity index is 1.03. The maximum absolute atomic E-state index is 6.98. The van der Waals surface area contributed by atoms with Crippen LogP contribution in [0, 0.1) is 0 Å². The average Bonchev–Trinajstić information content (AvgIpc) is 4.23. The quantitative estimate of drug-likeness (QED) is 0.152. The molecule has 0 aliphatic rings. The van der Waals surface area contributed by atoms with Gasteiger partial charge >= 0.3 is 0 Å². The molecule has 72 heavy (non-hydrogen) atoms. The van der Waals surface area contributed by atoms with Crippen LogP contribution in [-0.4, -0.2) is 0 Å². The van der Waals surface area contributed by atoms with E-state index in [-0.39, 0.29) is 0 Å². The summed E-state index contributed by atoms with van der Waals surface area (Å²) in [7, 11) is 0. The predicted molar refractivity (Wildman–Crippen MR) is 307 cm³/mol. The van der Waals surface area contributed by atoms with Crippen LogP contribution < -0.4 is 9.80 Å². The van der Waals surface area contributed by atoms with Gasteiger partial charge in [0.05, 0.1) is 54.3 Å². The van der Waals surface area contributed by atoms with Crippen molar-refractivity contribution in [3.05, 3.63) is 243 Å². The first-order chi connectivity index (χ1) is 35.7. The zero-order valence-corrected chi connectivity index (χ0v) is 40.3. The minimum absolute atomic E-state index is 0.834. The third-order valence-electron chi connectivity index (χ3n) is 14.3. The fraction of sp³-hybridized carbons (Fsp3) is 0. The van der Waals surface area contributed by atoms with Crippen LogP contribution in [0.15, 0.2) is 251 Å². The number of benzene rings is 11. The third-order valence-corrected chi connectivity index (χ3v) is 16.7. The van der Waals surface area contributed by atoms with Crippen molar-refractivity contribution in [1.29, 1.82) is 0 Å². The zero-order valence-electron chi connectivity index (χ0n) is 38.6. The fourth-order valence-electron chi connectivity index (χ4n) is 11.2. The first-order valence-corrected chi connectivity index (χ1v) is 25.9. The molecular formula is C66H40N2O2S2. The summed E-state index contributed by atoms with van der Waals surface area (Å²) >= 11 is 3.69. The summed E-state index contributed by atoms with van der Waals surface area (Å²) in [5.74, 6) is 0. The standard InChI is InChI=1S/C66H40N2O2S2/c1-2-19-41(20-3-1)42-26-14-29-50-63-54(33-18-38-59(63)70-64(42)50)68(56-35-16-28-48-46-24-8-13-40-61(46)72-66(48)56)52-31-10-5-22-44(52)43-21-4-9-30-51(43)67(53-32-17-37-58-62(53)49-25-6-11-36-57(49)69-58)55-34-15-27-47-45-23-7-12-39-60(45)71-65(47)55/h1-40H. The maximum atomic E-state index is 6.98. The van der Waals surface area contributed by atoms with E-state index in [1.54, 1.807) is 0 Å². The van der Waals surface area contributed by atoms with Crippen molar-refractivity contribution in [2.75, 3.05) is 9.80 Å². The molecule has 15 aromatic rings. The number of furan rings is 2. The lowest BCUT2D eigenvalue weighted by molar-refractivity contribution is 0.669. The van der Waals surface area contributed by atoms with Crippen molar-refractivity contribution in [2.45, 2.75) is 0 Å². The second kappa shape index (κ2) is 16.3. The highest BCUT2D eigenvalue weighted by Gasteiger charge is 2.29. The van der Waals surface area contributed by atoms with Gasteiger partial charge in [0.15, 0.2) is 0 Å². The van der Waals surface area contributed by atoms with Crippen LogP contribution in [0.1, 0.15) is 0 Å². The summed E-state index contributed by atoms with van der Waals surface area (Å²) in [5, 5.41) is 9.25. The molecule has 338 valence electrons. The number of anilines is 6. The summed E-state index contributed by atoms with van der Waals surface area (Å²) in [6, 6.07) is 87.4. The highest BCUT2D eigenvalue weighted by Crippen LogP contribution is 2.54. The minimum Gasteiger partial charge on any atom is -0.456 e. The number of fused-ring (bicyclic) bond motifs is 12. The molecule has 0 saturated carbocycles. The smallest absolute Gasteiger partial charge is 0.143 e. The number of hydrogen-bond acceptors (Lipinski definition) is 6. The van der Waals surface area contributed by atoms with E-state index in [0.717, 1.165) is 100 Å². The first kappa shape index (κ1) is 40.9. The van der Waals surface area contributed by atoms with E-state index >= 15 is 0 Å². The van der Waals surface area contributed by atoms with Gasteiger partial charge in [0.2, 0.25) is 0 Å². The van der Waals surface area contributed by atoms with E-state index < -0.39 is 0 Å². The summed E-state index contributed by atoms with van der Waals surface area (Å²) in [5.41, 5.74) is 14.1. The molecule has 0 aliphatic carbocycles. The van der Waals surface area contributed by atoms with Gasteiger partial charge in [-0.15, -0.1) is 22.7 Å². The predicted octanol–water partition coefficient (Wildman–Crippen LogP) is 20.5. The Labute approximate surface area is 422 Å². The number of hydrogen-bond donors (Lipinski definition) is 0. The average molecular weight is 957 g/mol. The number of para-hydroxylation sites is 4. The molecule has 11 aromatic carbocycles. The van der Waals surface area contributed by atoms with Gasteiger partial charge in [-0.1, -0.05) is 176 Å². The molecule has 0 fully saturated rings. The Bertz CT molecular complexity index is 4620. The van der Waals surface area contributed by atoms with E-state index in [4.69, 9.17) is 8.83 Å². The van der Waals surface area contributed by atoms with Gasteiger partial charge in [-0.05, 0) is 72.3 Å². The maximum Gasteiger partial charge on any atom is 0.143 e. The molecule has 6 heteroatoms. The Hall–Kier alpha value is -8.94. The Morgan fingerprint density at radius 3 is 1.29 bits per heavy atom. The molecule has 0 aliphatic heterocycles. The molecule has 0 radical (unpaired) electrons. The Kier molecular flexibility index (Phi) is 9.27. The van der Waals surface area contributed by atoms with E-state index in [1.807, 2.05) is 28.7 Å². The van der Waals surface area contributed by atoms with E-state index in [1.165, 1.54) is 40.3 Å². The van der Waals surface area contributed by atoms with Crippen LogP contribution in [-0.2, 0) is 0 Å². The Morgan fingerprint density at radius 2 is 0.667 bits per heavy atom. The molecule has 4 nitrogen and oxygen atoms in total. The molecule has 0 N–H and O–H groups in total. The van der Waals surface area contributed by atoms with Crippen LogP contribution >= 0.6 is 22.7 Å². The van der Waals surface area contributed by atoms with Crippen molar-refractivity contribution >= 4 is 141 Å². The molecule has 4 aromatic heterocycles. The second-order valence-corrected chi connectivity index (χ2v) is 20.4. The van der Waals surface area contributed by atoms with Crippen LogP contribution in [0.3, 0.4) is 0 Å². The van der Waals surface area contributed by atoms with Gasteiger partial charge in [0.1, 0.15) is 22.3 Å². The Morgan fingerprint density at radius 1 is 0.264 bits per heavy atom. The molecular weight excluding hydrogens is 917 g/mol. The van der Waals surface area contributed by atoms with Gasteiger partial charge in [-0.25, -0.2) is 0 Å². The van der Waals surface area contributed by atoms with Crippen molar-refractivity contribution in [2.24, 2.45) is 0 Å². The number of rotatable bonds is 8. The van der Waals surface area contributed by atoms with Gasteiger partial charge in [0.25, 0.3) is 0 Å². The van der Waals surface area contributed by atoms with Crippen molar-refractivity contribution < 1.29 is 8.83 Å². The van der Waals surface area contributed by atoms with Crippen molar-refractivity contribution in [3.63, 3.8) is 0 Å². The van der Waals surface area contributed by atoms with E-state index in [9.17, 15) is 0 Å². The third kappa shape index (κ3) is 6.23. The summed E-state index contributed by atoms with van der Waals surface area (Å²) in [6.45, 7) is 0. The topological polar surface area (TPSA) is 32.8 Å². The molecule has 0 spiro atoms. The summed E-state index contributed by atoms with van der Waals surface area (Å²) in [4.78, 5) is 4.98. The molecule has 15 rings (SSSR count). The highest BCUT2D eigenvalue weighted by molar-refractivity contribution is 7.26. The van der Waals surface area contributed by atoms with E-state index in [0.29, 0.717) is 0 Å². The van der Waals surface area contributed by atoms with Gasteiger partial charge in [0, 0.05) is 58.4 Å². The van der Waals surface area contributed by atoms with Crippen LogP contribution in [0.5, 0.6) is 0 Å². The van der Waals surface area contributed by atoms with Gasteiger partial charge in [-0.2, -0.15) is 0 Å². The van der Waals surface area contributed by atoms with Crippen LogP contribution in [0.2, 0.25) is 0 Å². The number of nitrogens with zero attached hydrogens (tertiary/aromatic N) is 2. The lowest BCUT2D eigenvalue weighted by Crippen LogP contribution is -2.14. The highest BCUT2D eigenvalue weighted by atomic mass is 32.1. The summed E-state index contributed by atoms with van der Waals surface area (Å²) in [6.07, 6.45) is 0. The van der Waals surface area contributed by atoms with E-state index in [2.05, 4.69) is 246 Å². The normalized spacial score (nSPS) is 11.9. The second-order valence-electron chi connectivity index (χ2n) is 18.3. The minimum atomic E-state index is 0.834. The SMILES string of the molecule is c1ccc(-c2cccc3c2oc2cccc(N(c4ccccc4-c4ccccc4N(c4cccc5c4sc4ccccc45)c4cccc5oc6ccccc6c45)c4cccc5c4sc4ccccc45)c23)cc1. The molecule has 4 heterocycles. The molecule has 0 unspecified atom stereocenters.